The molecular weight excluding hydrogens is 443 g/mol. The summed E-state index contributed by atoms with van der Waals surface area (Å²) < 4.78 is 13.7. The van der Waals surface area contributed by atoms with Crippen LogP contribution in [-0.4, -0.2) is 27.4 Å². The summed E-state index contributed by atoms with van der Waals surface area (Å²) in [5.74, 6) is -0.520. The average molecular weight is 461 g/mol. The molecule has 1 saturated heterocycles. The lowest BCUT2D eigenvalue weighted by atomic mass is 10.0. The fourth-order valence-corrected chi connectivity index (χ4v) is 4.96. The molecule has 0 bridgehead atoms. The monoisotopic (exact) mass is 460 g/mol. The van der Waals surface area contributed by atoms with Crippen LogP contribution in [0.15, 0.2) is 60.8 Å². The van der Waals surface area contributed by atoms with Crippen LogP contribution in [0.4, 0.5) is 10.1 Å². The van der Waals surface area contributed by atoms with Gasteiger partial charge in [0.2, 0.25) is 5.91 Å². The van der Waals surface area contributed by atoms with Crippen molar-refractivity contribution in [2.45, 2.75) is 18.5 Å². The zero-order chi connectivity index (χ0) is 21.1. The van der Waals surface area contributed by atoms with E-state index in [4.69, 9.17) is 23.8 Å². The average Bonchev–Trinajstić information content (AvgIpc) is 3.31. The maximum Gasteiger partial charge on any atom is 0.226 e. The number of hydrogen-bond acceptors (Lipinski definition) is 4. The van der Waals surface area contributed by atoms with Gasteiger partial charge in [-0.2, -0.15) is 0 Å². The van der Waals surface area contributed by atoms with Crippen molar-refractivity contribution in [1.82, 2.24) is 15.2 Å². The lowest BCUT2D eigenvalue weighted by Crippen LogP contribution is -2.32. The van der Waals surface area contributed by atoms with Crippen molar-refractivity contribution < 1.29 is 9.18 Å². The standard InChI is InChI=1S/C21H18ClFN4OS2/c22-17-9-8-16(30-17)20-19(15-3-1-2-11-24-15)26-21(29)27(20)12-10-18(28)25-14-6-4-13(23)5-7-14/h1-9,11,19-20H,10,12H2,(H,25,28)(H,26,29). The molecule has 5 nitrogen and oxygen atoms in total. The van der Waals surface area contributed by atoms with E-state index in [9.17, 15) is 9.18 Å². The quantitative estimate of drug-likeness (QED) is 0.510. The van der Waals surface area contributed by atoms with Crippen LogP contribution in [0.2, 0.25) is 4.34 Å². The highest BCUT2D eigenvalue weighted by molar-refractivity contribution is 7.80. The maximum absolute atomic E-state index is 13.0. The second-order valence-corrected chi connectivity index (χ2v) is 8.90. The summed E-state index contributed by atoms with van der Waals surface area (Å²) in [5.41, 5.74) is 1.42. The van der Waals surface area contributed by atoms with Crippen LogP contribution in [0.1, 0.15) is 29.1 Å². The highest BCUT2D eigenvalue weighted by atomic mass is 35.5. The number of rotatable bonds is 6. The van der Waals surface area contributed by atoms with E-state index in [1.54, 1.807) is 6.20 Å². The Kier molecular flexibility index (Phi) is 6.26. The Balaban J connectivity index is 1.51. The minimum absolute atomic E-state index is 0.122. The number of thiocarbonyl (C=S) groups is 1. The molecule has 2 unspecified atom stereocenters. The summed E-state index contributed by atoms with van der Waals surface area (Å²) in [6.45, 7) is 0.419. The van der Waals surface area contributed by atoms with E-state index in [1.165, 1.54) is 35.6 Å². The van der Waals surface area contributed by atoms with Crippen molar-refractivity contribution in [2.75, 3.05) is 11.9 Å². The Morgan fingerprint density at radius 1 is 1.23 bits per heavy atom. The highest BCUT2D eigenvalue weighted by Crippen LogP contribution is 2.42. The first kappa shape index (κ1) is 20.7. The van der Waals surface area contributed by atoms with Gasteiger partial charge in [-0.15, -0.1) is 11.3 Å². The van der Waals surface area contributed by atoms with Crippen LogP contribution in [-0.2, 0) is 4.79 Å². The van der Waals surface area contributed by atoms with E-state index in [0.717, 1.165) is 10.6 Å². The van der Waals surface area contributed by atoms with Crippen LogP contribution >= 0.6 is 35.2 Å². The number of anilines is 1. The Bertz CT molecular complexity index is 1040. The number of aromatic nitrogens is 1. The van der Waals surface area contributed by atoms with Crippen LogP contribution in [0.3, 0.4) is 0 Å². The molecule has 4 rings (SSSR count). The largest absolute Gasteiger partial charge is 0.352 e. The van der Waals surface area contributed by atoms with Gasteiger partial charge in [0.25, 0.3) is 0 Å². The first-order chi connectivity index (χ1) is 14.5. The minimum atomic E-state index is -0.348. The molecule has 1 amide bonds. The molecule has 1 aliphatic rings. The fraction of sp³-hybridized carbons (Fsp3) is 0.190. The molecule has 9 heteroatoms. The molecule has 154 valence electrons. The van der Waals surface area contributed by atoms with Crippen LogP contribution in [0, 0.1) is 5.82 Å². The Hall–Kier alpha value is -2.55. The third-order valence-corrected chi connectivity index (χ3v) is 6.45. The number of amides is 1. The molecule has 2 N–H and O–H groups in total. The lowest BCUT2D eigenvalue weighted by Gasteiger charge is -2.26. The van der Waals surface area contributed by atoms with Gasteiger partial charge in [-0.05, 0) is 60.7 Å². The third kappa shape index (κ3) is 4.61. The molecule has 0 spiro atoms. The van der Waals surface area contributed by atoms with Gasteiger partial charge < -0.3 is 15.5 Å². The Labute approximate surface area is 187 Å². The second-order valence-electron chi connectivity index (χ2n) is 6.77. The summed E-state index contributed by atoms with van der Waals surface area (Å²) in [4.78, 5) is 20.0. The number of benzene rings is 1. The number of thiophene rings is 1. The molecule has 30 heavy (non-hydrogen) atoms. The Morgan fingerprint density at radius 3 is 2.70 bits per heavy atom. The molecule has 3 heterocycles. The van der Waals surface area contributed by atoms with Crippen LogP contribution < -0.4 is 10.6 Å². The van der Waals surface area contributed by atoms with Crippen molar-refractivity contribution in [3.8, 4) is 0 Å². The second kappa shape index (κ2) is 9.07. The summed E-state index contributed by atoms with van der Waals surface area (Å²) >= 11 is 13.3. The van der Waals surface area contributed by atoms with Crippen molar-refractivity contribution in [2.24, 2.45) is 0 Å². The number of hydrogen-bond donors (Lipinski definition) is 2. The zero-order valence-electron chi connectivity index (χ0n) is 15.7. The fourth-order valence-electron chi connectivity index (χ4n) is 3.42. The maximum atomic E-state index is 13.0. The third-order valence-electron chi connectivity index (χ3n) is 4.79. The van der Waals surface area contributed by atoms with E-state index in [-0.39, 0.29) is 30.2 Å². The van der Waals surface area contributed by atoms with Crippen molar-refractivity contribution in [1.29, 1.82) is 0 Å². The Morgan fingerprint density at radius 2 is 2.03 bits per heavy atom. The first-order valence-electron chi connectivity index (χ1n) is 9.30. The molecule has 0 saturated carbocycles. The molecular formula is C21H18ClFN4OS2. The highest BCUT2D eigenvalue weighted by Gasteiger charge is 2.40. The number of nitrogens with one attached hydrogen (secondary N) is 2. The van der Waals surface area contributed by atoms with E-state index < -0.39 is 0 Å². The first-order valence-corrected chi connectivity index (χ1v) is 10.9. The van der Waals surface area contributed by atoms with Gasteiger partial charge in [0.15, 0.2) is 5.11 Å². The molecule has 2 atom stereocenters. The van der Waals surface area contributed by atoms with Crippen molar-refractivity contribution in [3.05, 3.63) is 81.5 Å². The molecule has 1 fully saturated rings. The van der Waals surface area contributed by atoms with Gasteiger partial charge in [0.1, 0.15) is 5.82 Å². The summed E-state index contributed by atoms with van der Waals surface area (Å²) in [6, 6.07) is 15.0. The van der Waals surface area contributed by atoms with Crippen molar-refractivity contribution in [3.63, 3.8) is 0 Å². The molecule has 0 radical (unpaired) electrons. The number of carbonyl (C=O) groups is 1. The van der Waals surface area contributed by atoms with Crippen LogP contribution in [0.5, 0.6) is 0 Å². The molecule has 0 aliphatic carbocycles. The minimum Gasteiger partial charge on any atom is -0.352 e. The van der Waals surface area contributed by atoms with Crippen molar-refractivity contribution >= 4 is 51.9 Å². The van der Waals surface area contributed by atoms with Gasteiger partial charge in [-0.3, -0.25) is 9.78 Å². The summed E-state index contributed by atoms with van der Waals surface area (Å²) in [6.07, 6.45) is 1.97. The predicted molar refractivity (Wildman–Crippen MR) is 121 cm³/mol. The van der Waals surface area contributed by atoms with Gasteiger partial charge in [-0.1, -0.05) is 17.7 Å². The predicted octanol–water partition coefficient (Wildman–Crippen LogP) is 4.94. The van der Waals surface area contributed by atoms with E-state index in [2.05, 4.69) is 15.6 Å². The number of carbonyl (C=O) groups excluding carboxylic acids is 1. The number of halogens is 2. The van der Waals surface area contributed by atoms with E-state index in [1.807, 2.05) is 35.2 Å². The number of pyridine rings is 1. The number of nitrogens with zero attached hydrogens (tertiary/aromatic N) is 2. The lowest BCUT2D eigenvalue weighted by molar-refractivity contribution is -0.116. The molecule has 1 aliphatic heterocycles. The van der Waals surface area contributed by atoms with Gasteiger partial charge >= 0.3 is 0 Å². The van der Waals surface area contributed by atoms with E-state index >= 15 is 0 Å². The van der Waals surface area contributed by atoms with Gasteiger partial charge in [0.05, 0.1) is 22.1 Å². The smallest absolute Gasteiger partial charge is 0.226 e. The van der Waals surface area contributed by atoms with Gasteiger partial charge in [-0.25, -0.2) is 4.39 Å². The van der Waals surface area contributed by atoms with Crippen LogP contribution in [0.25, 0.3) is 0 Å². The topological polar surface area (TPSA) is 57.3 Å². The van der Waals surface area contributed by atoms with E-state index in [0.29, 0.717) is 21.7 Å². The molecule has 3 aromatic rings. The summed E-state index contributed by atoms with van der Waals surface area (Å²) in [7, 11) is 0. The summed E-state index contributed by atoms with van der Waals surface area (Å²) in [5, 5.41) is 6.69. The van der Waals surface area contributed by atoms with Gasteiger partial charge in [0, 0.05) is 29.7 Å². The zero-order valence-corrected chi connectivity index (χ0v) is 18.1. The SMILES string of the molecule is O=C(CCN1C(=S)NC(c2ccccn2)C1c1ccc(Cl)s1)Nc1ccc(F)cc1. The molecule has 2 aromatic heterocycles. The molecule has 1 aromatic carbocycles. The normalized spacial score (nSPS) is 18.3.